The molecule has 18 heavy (non-hydrogen) atoms. The third-order valence-corrected chi connectivity index (χ3v) is 3.39. The van der Waals surface area contributed by atoms with Crippen LogP contribution in [0.4, 0.5) is 4.79 Å². The Bertz CT molecular complexity index is 343. The summed E-state index contributed by atoms with van der Waals surface area (Å²) in [7, 11) is 1.63. The average molecular weight is 258 g/mol. The smallest absolute Gasteiger partial charge is 0.328 e. The molecule has 0 aliphatic carbocycles. The van der Waals surface area contributed by atoms with Gasteiger partial charge in [-0.25, -0.2) is 9.59 Å². The standard InChI is InChI=1S/C12H22N2O4/c1-11(2,9(15)16)13-10(17)14-7-5-6-12(3,8-14)18-4/h5-8H2,1-4H3,(H,13,17)(H,15,16). The molecule has 1 heterocycles. The minimum atomic E-state index is -1.27. The van der Waals surface area contributed by atoms with Crippen molar-refractivity contribution >= 4 is 12.0 Å². The van der Waals surface area contributed by atoms with Gasteiger partial charge >= 0.3 is 12.0 Å². The topological polar surface area (TPSA) is 78.9 Å². The van der Waals surface area contributed by atoms with Gasteiger partial charge in [0.05, 0.1) is 12.1 Å². The highest BCUT2D eigenvalue weighted by Gasteiger charge is 2.36. The molecule has 1 rings (SSSR count). The predicted molar refractivity (Wildman–Crippen MR) is 66.5 cm³/mol. The molecule has 1 atom stereocenters. The summed E-state index contributed by atoms with van der Waals surface area (Å²) in [6.45, 7) is 5.99. The molecule has 1 aliphatic rings. The van der Waals surface area contributed by atoms with E-state index >= 15 is 0 Å². The van der Waals surface area contributed by atoms with Crippen LogP contribution in [0.15, 0.2) is 0 Å². The van der Waals surface area contributed by atoms with Gasteiger partial charge in [0.15, 0.2) is 0 Å². The predicted octanol–water partition coefficient (Wildman–Crippen LogP) is 1.06. The van der Waals surface area contributed by atoms with E-state index in [2.05, 4.69) is 5.32 Å². The van der Waals surface area contributed by atoms with Gasteiger partial charge in [-0.15, -0.1) is 0 Å². The van der Waals surface area contributed by atoms with E-state index in [-0.39, 0.29) is 11.6 Å². The van der Waals surface area contributed by atoms with Gasteiger partial charge in [-0.1, -0.05) is 0 Å². The molecule has 1 fully saturated rings. The molecule has 2 N–H and O–H groups in total. The Hall–Kier alpha value is -1.30. The van der Waals surface area contributed by atoms with Crippen LogP contribution < -0.4 is 5.32 Å². The van der Waals surface area contributed by atoms with Crippen LogP contribution in [0.25, 0.3) is 0 Å². The van der Waals surface area contributed by atoms with Crippen LogP contribution in [-0.4, -0.2) is 53.3 Å². The number of methoxy groups -OCH3 is 1. The van der Waals surface area contributed by atoms with E-state index in [0.717, 1.165) is 12.8 Å². The number of likely N-dealkylation sites (tertiary alicyclic amines) is 1. The summed E-state index contributed by atoms with van der Waals surface area (Å²) in [6.07, 6.45) is 1.75. The molecule has 0 aromatic rings. The van der Waals surface area contributed by atoms with Crippen molar-refractivity contribution in [3.05, 3.63) is 0 Å². The third-order valence-electron chi connectivity index (χ3n) is 3.39. The molecule has 104 valence electrons. The number of piperidine rings is 1. The Labute approximate surface area is 107 Å². The van der Waals surface area contributed by atoms with Crippen molar-refractivity contribution in [2.45, 2.75) is 44.8 Å². The molecule has 1 unspecified atom stereocenters. The maximum atomic E-state index is 12.0. The first-order chi connectivity index (χ1) is 8.20. The van der Waals surface area contributed by atoms with Crippen LogP contribution in [0.3, 0.4) is 0 Å². The number of nitrogens with zero attached hydrogens (tertiary/aromatic N) is 1. The van der Waals surface area contributed by atoms with Crippen LogP contribution in [0.1, 0.15) is 33.6 Å². The Morgan fingerprint density at radius 2 is 2.06 bits per heavy atom. The summed E-state index contributed by atoms with van der Waals surface area (Å²) >= 11 is 0. The van der Waals surface area contributed by atoms with E-state index in [4.69, 9.17) is 9.84 Å². The Morgan fingerprint density at radius 1 is 1.44 bits per heavy atom. The first-order valence-corrected chi connectivity index (χ1v) is 6.06. The van der Waals surface area contributed by atoms with E-state index in [9.17, 15) is 9.59 Å². The zero-order chi connectivity index (χ0) is 14.0. The minimum absolute atomic E-state index is 0.344. The molecule has 0 saturated carbocycles. The number of carbonyl (C=O) groups is 2. The van der Waals surface area contributed by atoms with Gasteiger partial charge < -0.3 is 20.1 Å². The molecule has 2 amide bonds. The summed E-state index contributed by atoms with van der Waals surface area (Å²) < 4.78 is 5.40. The Kier molecular flexibility index (Phi) is 4.21. The van der Waals surface area contributed by atoms with E-state index in [1.165, 1.54) is 13.8 Å². The fraction of sp³-hybridized carbons (Fsp3) is 0.833. The fourth-order valence-corrected chi connectivity index (χ4v) is 1.95. The fourth-order valence-electron chi connectivity index (χ4n) is 1.95. The van der Waals surface area contributed by atoms with E-state index in [1.807, 2.05) is 6.92 Å². The molecule has 0 radical (unpaired) electrons. The quantitative estimate of drug-likeness (QED) is 0.793. The highest BCUT2D eigenvalue weighted by atomic mass is 16.5. The molecule has 1 saturated heterocycles. The lowest BCUT2D eigenvalue weighted by Gasteiger charge is -2.40. The number of nitrogens with one attached hydrogen (secondary N) is 1. The van der Waals surface area contributed by atoms with Crippen molar-refractivity contribution in [3.63, 3.8) is 0 Å². The van der Waals surface area contributed by atoms with Crippen molar-refractivity contribution in [1.29, 1.82) is 0 Å². The lowest BCUT2D eigenvalue weighted by Crippen LogP contribution is -2.58. The second kappa shape index (κ2) is 5.14. The summed E-state index contributed by atoms with van der Waals surface area (Å²) in [4.78, 5) is 24.6. The summed E-state index contributed by atoms with van der Waals surface area (Å²) in [5.74, 6) is -1.05. The Morgan fingerprint density at radius 3 is 2.56 bits per heavy atom. The number of hydrogen-bond acceptors (Lipinski definition) is 3. The number of hydrogen-bond donors (Lipinski definition) is 2. The molecular weight excluding hydrogens is 236 g/mol. The van der Waals surface area contributed by atoms with Gasteiger partial charge in [0.25, 0.3) is 0 Å². The second-order valence-electron chi connectivity index (χ2n) is 5.54. The number of rotatable bonds is 3. The van der Waals surface area contributed by atoms with Gasteiger partial charge in [-0.05, 0) is 33.6 Å². The average Bonchev–Trinajstić information content (AvgIpc) is 2.28. The van der Waals surface area contributed by atoms with Crippen molar-refractivity contribution in [2.24, 2.45) is 0 Å². The number of carboxylic acid groups (broad SMARTS) is 1. The van der Waals surface area contributed by atoms with Crippen molar-refractivity contribution in [3.8, 4) is 0 Å². The molecule has 1 aliphatic heterocycles. The molecular formula is C12H22N2O4. The van der Waals surface area contributed by atoms with Gasteiger partial charge in [0.1, 0.15) is 5.54 Å². The van der Waals surface area contributed by atoms with Crippen molar-refractivity contribution < 1.29 is 19.4 Å². The van der Waals surface area contributed by atoms with E-state index in [1.54, 1.807) is 12.0 Å². The first-order valence-electron chi connectivity index (χ1n) is 6.06. The maximum absolute atomic E-state index is 12.0. The lowest BCUT2D eigenvalue weighted by atomic mass is 9.95. The van der Waals surface area contributed by atoms with Crippen molar-refractivity contribution in [2.75, 3.05) is 20.2 Å². The van der Waals surface area contributed by atoms with E-state index < -0.39 is 11.5 Å². The number of carbonyl (C=O) groups excluding carboxylic acids is 1. The highest BCUT2D eigenvalue weighted by molar-refractivity contribution is 5.85. The molecule has 6 heteroatoms. The second-order valence-corrected chi connectivity index (χ2v) is 5.54. The van der Waals surface area contributed by atoms with Gasteiger partial charge in [0, 0.05) is 13.7 Å². The number of amides is 2. The molecule has 0 aromatic heterocycles. The van der Waals surface area contributed by atoms with Gasteiger partial charge in [0.2, 0.25) is 0 Å². The van der Waals surface area contributed by atoms with Gasteiger partial charge in [-0.3, -0.25) is 0 Å². The normalized spacial score (nSPS) is 24.8. The van der Waals surface area contributed by atoms with Crippen LogP contribution in [0, 0.1) is 0 Å². The highest BCUT2D eigenvalue weighted by Crippen LogP contribution is 2.24. The molecule has 0 spiro atoms. The number of urea groups is 1. The van der Waals surface area contributed by atoms with Crippen LogP contribution in [-0.2, 0) is 9.53 Å². The zero-order valence-corrected chi connectivity index (χ0v) is 11.4. The summed E-state index contributed by atoms with van der Waals surface area (Å²) in [5.41, 5.74) is -1.61. The molecule has 0 bridgehead atoms. The zero-order valence-electron chi connectivity index (χ0n) is 11.4. The largest absolute Gasteiger partial charge is 0.480 e. The van der Waals surface area contributed by atoms with Crippen LogP contribution >= 0.6 is 0 Å². The number of ether oxygens (including phenoxy) is 1. The first kappa shape index (κ1) is 14.8. The molecule has 6 nitrogen and oxygen atoms in total. The molecule has 0 aromatic carbocycles. The minimum Gasteiger partial charge on any atom is -0.480 e. The lowest BCUT2D eigenvalue weighted by molar-refractivity contribution is -0.143. The van der Waals surface area contributed by atoms with Crippen LogP contribution in [0.2, 0.25) is 0 Å². The monoisotopic (exact) mass is 258 g/mol. The summed E-state index contributed by atoms with van der Waals surface area (Å²) in [6, 6.07) is -0.356. The van der Waals surface area contributed by atoms with Crippen LogP contribution in [0.5, 0.6) is 0 Å². The number of carboxylic acids is 1. The Balaban J connectivity index is 2.65. The third kappa shape index (κ3) is 3.35. The SMILES string of the molecule is COC1(C)CCCN(C(=O)NC(C)(C)C(=O)O)C1. The van der Waals surface area contributed by atoms with Crippen molar-refractivity contribution in [1.82, 2.24) is 10.2 Å². The number of aliphatic carboxylic acids is 1. The van der Waals surface area contributed by atoms with Gasteiger partial charge in [-0.2, -0.15) is 0 Å². The van der Waals surface area contributed by atoms with E-state index in [0.29, 0.717) is 13.1 Å². The summed E-state index contributed by atoms with van der Waals surface area (Å²) in [5, 5.41) is 11.5. The maximum Gasteiger partial charge on any atom is 0.328 e.